The molecule has 1 aliphatic rings. The fourth-order valence-electron chi connectivity index (χ4n) is 12.4. The van der Waals surface area contributed by atoms with E-state index in [9.17, 15) is 0 Å². The van der Waals surface area contributed by atoms with Crippen LogP contribution in [0.2, 0.25) is 0 Å². The Hall–Kier alpha value is -6.53. The van der Waals surface area contributed by atoms with Crippen LogP contribution in [-0.4, -0.2) is 295 Å². The van der Waals surface area contributed by atoms with Gasteiger partial charge in [0.15, 0.2) is 11.5 Å². The van der Waals surface area contributed by atoms with Crippen LogP contribution in [0.1, 0.15) is 304 Å². The van der Waals surface area contributed by atoms with Crippen LogP contribution in [0.4, 0.5) is 0 Å². The summed E-state index contributed by atoms with van der Waals surface area (Å²) in [7, 11) is 0. The molecule has 5 aromatic rings. The molecule has 1 aromatic heterocycles. The summed E-state index contributed by atoms with van der Waals surface area (Å²) in [6.45, 7) is 91.5. The molecule has 858 valence electrons. The van der Waals surface area contributed by atoms with Crippen molar-refractivity contribution < 1.29 is 137 Å². The van der Waals surface area contributed by atoms with Crippen molar-refractivity contribution >= 4 is 6.79 Å². The fraction of sp³-hybridized carbons (Fsp3) is 0.754. The zero-order valence-corrected chi connectivity index (χ0v) is 98.7. The van der Waals surface area contributed by atoms with Crippen LogP contribution in [0, 0.1) is 0 Å². The second-order valence-corrected chi connectivity index (χ2v) is 39.8. The van der Waals surface area contributed by atoms with Crippen molar-refractivity contribution in [3.8, 4) is 46.0 Å². The first-order chi connectivity index (χ1) is 69.8. The monoisotopic (exact) mass is 2090 g/mol. The highest BCUT2D eigenvalue weighted by atomic mass is 16.6. The Morgan fingerprint density at radius 1 is 0.238 bits per heavy atom. The topological polar surface area (TPSA) is 279 Å². The normalized spacial score (nSPS) is 13.0. The number of benzene rings is 4. The fourth-order valence-corrected chi connectivity index (χ4v) is 12.4. The van der Waals surface area contributed by atoms with Crippen LogP contribution in [0.3, 0.4) is 0 Å². The van der Waals surface area contributed by atoms with Gasteiger partial charge in [-0.05, 0) is 315 Å². The summed E-state index contributed by atoms with van der Waals surface area (Å²) in [6, 6.07) is 30.3. The van der Waals surface area contributed by atoms with E-state index >= 15 is 0 Å². The summed E-state index contributed by atoms with van der Waals surface area (Å²) in [5, 5.41) is 0. The molecule has 1 aliphatic carbocycles. The molecule has 29 nitrogen and oxygen atoms in total. The predicted octanol–water partition coefficient (Wildman–Crippen LogP) is 25.3. The van der Waals surface area contributed by atoms with Crippen molar-refractivity contribution in [1.82, 2.24) is 0 Å². The molecule has 0 saturated heterocycles. The molecule has 147 heavy (non-hydrogen) atoms. The lowest BCUT2D eigenvalue weighted by Crippen LogP contribution is -2.29. The molecule has 4 aromatic carbocycles. The molecule has 0 spiro atoms. The minimum atomic E-state index is -0.0727. The van der Waals surface area contributed by atoms with Gasteiger partial charge < -0.3 is 137 Å². The third-order valence-corrected chi connectivity index (χ3v) is 19.2. The van der Waals surface area contributed by atoms with Crippen LogP contribution in [0.15, 0.2) is 108 Å². The maximum absolute atomic E-state index is 8.00. The Labute approximate surface area is 893 Å². The first-order valence-corrected chi connectivity index (χ1v) is 54.3. The van der Waals surface area contributed by atoms with Crippen molar-refractivity contribution in [2.75, 3.05) is 172 Å². The van der Waals surface area contributed by atoms with Crippen LogP contribution in [0.25, 0.3) is 0 Å². The Balaban J connectivity index is -0.00000164. The minimum absolute atomic E-state index is 0.0727. The summed E-state index contributed by atoms with van der Waals surface area (Å²) >= 11 is 0. The average Bonchev–Trinajstić information content (AvgIpc) is 0.946. The quantitative estimate of drug-likeness (QED) is 0.0327. The smallest absolute Gasteiger partial charge is 0.199 e. The second-order valence-electron chi connectivity index (χ2n) is 39.8. The largest absolute Gasteiger partial charge is 0.491 e. The molecule has 29 heteroatoms. The maximum Gasteiger partial charge on any atom is 0.199 e. The summed E-state index contributed by atoms with van der Waals surface area (Å²) < 4.78 is 154. The van der Waals surface area contributed by atoms with Gasteiger partial charge in [0.05, 0.1) is 228 Å². The molecule has 6 rings (SSSR count). The standard InChI is InChI=1S/C24H34O3.C21H36O6.C16H26O4.C14H24O5.C12H26O4.C12H24O2.C10H22O2.C8H18O2.CH2O/c1-18(2)25-15-16-26-23-13-11-22(12-14-23)24(5,6)21-9-7-20(8-10-21)17-27-19(3)4;1-16(2)22-7-10-25-19-13-20(26-11-8-23-17(3)4)15-21(14-19)27-12-9-24-18(5)6;1-13(2)17-8-10-19-15-6-5-7-16(12-15)20-11-9-18-14(3)4;1-11(2)16-5-7-18-13-9-15-10-14(13)19-8-6-17-12(3)4;1-11(2)15-9-7-13-5-6-14-8-10-16-12(3)4;1-9(2)13-11-5-7-12(8-6-11)14-10(3)4;1-9(2)11-7-5-6-8-12-10(3)4;1-7(2)9-5-6-10-8(3)4;1-2/h7-14,18-19H,15-17H2,1-6H3;13-18H,7-12H2,1-6H3;5-7,12-14H,8-11H2,1-4H3;9-12H,5-8H2,1-4H3;11-12H,5-10H2,1-4H3;9-12H,5-8H2,1-4H3;9-10H,5-8H2,1-4H3;7-8H,5-6H2,1-4H3;1H2. The van der Waals surface area contributed by atoms with E-state index in [-0.39, 0.29) is 72.6 Å². The third-order valence-electron chi connectivity index (χ3n) is 19.2. The SMILES string of the molecule is C=O.CC(C)OC1CCC(OC(C)C)CC1.CC(C)OCCCCOC(C)C.CC(C)OCCOC(C)C.CC(C)OCCOCCOCCOC(C)C.CC(C)OCCOc1cc(OCCOC(C)C)cc(OCCOC(C)C)c1.CC(C)OCCOc1ccc(C(C)(C)c2ccc(COC(C)C)cc2)cc1.CC(C)OCCOc1cccc(OCCOC(C)C)c1.CC(C)OCCOc1cocc1OCCOC(C)C. The van der Waals surface area contributed by atoms with Gasteiger partial charge in [0.25, 0.3) is 0 Å². The molecule has 0 amide bonds. The van der Waals surface area contributed by atoms with Gasteiger partial charge in [-0.15, -0.1) is 0 Å². The number of hydrogen-bond acceptors (Lipinski definition) is 29. The second kappa shape index (κ2) is 95.3. The van der Waals surface area contributed by atoms with Crippen LogP contribution in [0.5, 0.6) is 46.0 Å². The third kappa shape index (κ3) is 96.3. The predicted molar refractivity (Wildman–Crippen MR) is 592 cm³/mol. The molecule has 0 radical (unpaired) electrons. The van der Waals surface area contributed by atoms with E-state index in [4.69, 9.17) is 137 Å². The van der Waals surface area contributed by atoms with Gasteiger partial charge in [-0.3, -0.25) is 0 Å². The van der Waals surface area contributed by atoms with E-state index < -0.39 is 0 Å². The van der Waals surface area contributed by atoms with Gasteiger partial charge in [-0.2, -0.15) is 0 Å². The lowest BCUT2D eigenvalue weighted by Gasteiger charge is -2.30. The van der Waals surface area contributed by atoms with Crippen molar-refractivity contribution in [2.45, 2.75) is 416 Å². The number of carbonyl (C=O) groups excluding carboxylic acids is 1. The highest BCUT2D eigenvalue weighted by Gasteiger charge is 2.25. The van der Waals surface area contributed by atoms with Gasteiger partial charge in [0.1, 0.15) is 107 Å². The summed E-state index contributed by atoms with van der Waals surface area (Å²) in [5.74, 6) is 5.70. The lowest BCUT2D eigenvalue weighted by molar-refractivity contribution is -0.0980. The average molecular weight is 2090 g/mol. The molecule has 0 bridgehead atoms. The van der Waals surface area contributed by atoms with Crippen molar-refractivity contribution in [3.05, 3.63) is 120 Å². The van der Waals surface area contributed by atoms with E-state index in [1.54, 1.807) is 0 Å². The molecule has 0 aliphatic heterocycles. The van der Waals surface area contributed by atoms with Crippen LogP contribution < -0.4 is 37.9 Å². The zero-order valence-electron chi connectivity index (χ0n) is 98.7. The number of furan rings is 1. The van der Waals surface area contributed by atoms with Crippen molar-refractivity contribution in [2.24, 2.45) is 0 Å². The van der Waals surface area contributed by atoms with Crippen molar-refractivity contribution in [1.29, 1.82) is 0 Å². The molecule has 1 saturated carbocycles. The lowest BCUT2D eigenvalue weighted by atomic mass is 9.78. The zero-order chi connectivity index (χ0) is 111. The first-order valence-electron chi connectivity index (χ1n) is 54.3. The Morgan fingerprint density at radius 3 is 0.707 bits per heavy atom. The highest BCUT2D eigenvalue weighted by molar-refractivity contribution is 5.43. The summed E-state index contributed by atoms with van der Waals surface area (Å²) in [4.78, 5) is 8.00. The molecular formula is C118H212O29. The molecule has 0 N–H and O–H groups in total. The van der Waals surface area contributed by atoms with E-state index in [1.807, 2.05) is 228 Å². The Morgan fingerprint density at radius 2 is 0.449 bits per heavy atom. The number of ether oxygens (including phenoxy) is 27. The summed E-state index contributed by atoms with van der Waals surface area (Å²) in [6.07, 6.45) is 15.4. The van der Waals surface area contributed by atoms with Gasteiger partial charge in [-0.25, -0.2) is 0 Å². The molecular weight excluding hydrogens is 1880 g/mol. The molecule has 1 heterocycles. The number of carbonyl (C=O) groups is 1. The summed E-state index contributed by atoms with van der Waals surface area (Å²) in [5.41, 5.74) is 3.68. The van der Waals surface area contributed by atoms with E-state index in [2.05, 4.69) is 119 Å². The first kappa shape index (κ1) is 145. The maximum atomic E-state index is 8.00. The molecule has 0 unspecified atom stereocenters. The highest BCUT2D eigenvalue weighted by Crippen LogP contribution is 2.34. The minimum Gasteiger partial charge on any atom is -0.491 e. The molecule has 0 atom stereocenters. The van der Waals surface area contributed by atoms with Crippen molar-refractivity contribution in [3.63, 3.8) is 0 Å². The molecule has 1 fully saturated rings. The number of hydrogen-bond donors (Lipinski definition) is 0. The number of unbranched alkanes of at least 4 members (excludes halogenated alkanes) is 1. The van der Waals surface area contributed by atoms with Gasteiger partial charge in [0.2, 0.25) is 0 Å². The van der Waals surface area contributed by atoms with Crippen LogP contribution in [-0.2, 0) is 107 Å². The van der Waals surface area contributed by atoms with E-state index in [0.29, 0.717) is 243 Å². The number of rotatable bonds is 72. The van der Waals surface area contributed by atoms with Gasteiger partial charge in [-0.1, -0.05) is 56.3 Å². The van der Waals surface area contributed by atoms with E-state index in [1.165, 1.54) is 29.2 Å². The van der Waals surface area contributed by atoms with Gasteiger partial charge in [0, 0.05) is 42.9 Å². The Kier molecular flexibility index (Phi) is 93.8. The van der Waals surface area contributed by atoms with Gasteiger partial charge >= 0.3 is 0 Å². The Bertz CT molecular complexity index is 3410. The van der Waals surface area contributed by atoms with E-state index in [0.717, 1.165) is 69.0 Å². The van der Waals surface area contributed by atoms with Crippen LogP contribution >= 0.6 is 0 Å².